The lowest BCUT2D eigenvalue weighted by molar-refractivity contribution is 0.0515. The Morgan fingerprint density at radius 3 is 2.22 bits per heavy atom. The van der Waals surface area contributed by atoms with Gasteiger partial charge in [-0.15, -0.1) is 0 Å². The Kier molecular flexibility index (Phi) is 5.43. The lowest BCUT2D eigenvalue weighted by Gasteiger charge is -2.34. The molecule has 1 aliphatic heterocycles. The topological polar surface area (TPSA) is 82.8 Å². The van der Waals surface area contributed by atoms with Gasteiger partial charge in [0, 0.05) is 46.0 Å². The van der Waals surface area contributed by atoms with E-state index in [9.17, 15) is 9.59 Å². The summed E-state index contributed by atoms with van der Waals surface area (Å²) in [7, 11) is 3.71. The van der Waals surface area contributed by atoms with Crippen LogP contribution in [0.5, 0.6) is 0 Å². The van der Waals surface area contributed by atoms with Gasteiger partial charge in [-0.25, -0.2) is 9.97 Å². The van der Waals surface area contributed by atoms with Crippen LogP contribution < -0.4 is 4.90 Å². The van der Waals surface area contributed by atoms with Gasteiger partial charge in [-0.05, 0) is 24.1 Å². The summed E-state index contributed by atoms with van der Waals surface area (Å²) in [6.07, 6.45) is 1.48. The number of carbonyl (C=O) groups excluding carboxylic acids is 2. The number of anilines is 1. The van der Waals surface area contributed by atoms with Crippen molar-refractivity contribution in [2.45, 2.75) is 19.8 Å². The summed E-state index contributed by atoms with van der Waals surface area (Å²) in [6, 6.07) is 5.11. The summed E-state index contributed by atoms with van der Waals surface area (Å²) < 4.78 is 5.17. The molecule has 0 radical (unpaired) electrons. The molecule has 8 nitrogen and oxygen atoms in total. The van der Waals surface area contributed by atoms with Gasteiger partial charge in [-0.1, -0.05) is 13.8 Å². The molecule has 2 amide bonds. The molecule has 0 bridgehead atoms. The number of piperazine rings is 1. The highest BCUT2D eigenvalue weighted by atomic mass is 16.3. The van der Waals surface area contributed by atoms with Gasteiger partial charge in [0.2, 0.25) is 5.95 Å². The largest absolute Gasteiger partial charge is 0.459 e. The number of hydrogen-bond acceptors (Lipinski definition) is 6. The molecule has 1 aliphatic rings. The molecule has 1 fully saturated rings. The number of carbonyl (C=O) groups is 2. The molecule has 144 valence electrons. The summed E-state index contributed by atoms with van der Waals surface area (Å²) in [4.78, 5) is 39.4. The molecule has 0 unspecified atom stereocenters. The normalized spacial score (nSPS) is 14.6. The molecular weight excluding hydrogens is 346 g/mol. The second-order valence-electron chi connectivity index (χ2n) is 7.09. The average Bonchev–Trinajstić information content (AvgIpc) is 3.21. The molecule has 0 N–H and O–H groups in total. The van der Waals surface area contributed by atoms with Crippen LogP contribution >= 0.6 is 0 Å². The Bertz CT molecular complexity index is 783. The SMILES string of the molecule is CC(C)c1cc(C(=O)N2CCN(C(=O)c3ccco3)CC2)nc(N(C)C)n1. The summed E-state index contributed by atoms with van der Waals surface area (Å²) in [5, 5.41) is 0. The third-order valence-electron chi connectivity index (χ3n) is 4.53. The fraction of sp³-hybridized carbons (Fsp3) is 0.474. The first-order chi connectivity index (χ1) is 12.9. The molecule has 1 saturated heterocycles. The lowest BCUT2D eigenvalue weighted by Crippen LogP contribution is -2.50. The number of aromatic nitrogens is 2. The van der Waals surface area contributed by atoms with Gasteiger partial charge in [0.25, 0.3) is 11.8 Å². The van der Waals surface area contributed by atoms with E-state index in [1.54, 1.807) is 32.9 Å². The zero-order chi connectivity index (χ0) is 19.6. The second-order valence-corrected chi connectivity index (χ2v) is 7.09. The smallest absolute Gasteiger partial charge is 0.289 e. The number of amides is 2. The first-order valence-electron chi connectivity index (χ1n) is 9.05. The molecule has 2 aromatic rings. The van der Waals surface area contributed by atoms with Gasteiger partial charge in [0.15, 0.2) is 5.76 Å². The van der Waals surface area contributed by atoms with Gasteiger partial charge in [-0.2, -0.15) is 0 Å². The molecule has 2 aromatic heterocycles. The van der Waals surface area contributed by atoms with Crippen molar-refractivity contribution in [3.05, 3.63) is 41.6 Å². The van der Waals surface area contributed by atoms with Crippen LogP contribution in [0.4, 0.5) is 5.95 Å². The summed E-state index contributed by atoms with van der Waals surface area (Å²) in [5.41, 5.74) is 1.23. The fourth-order valence-corrected chi connectivity index (χ4v) is 2.89. The highest BCUT2D eigenvalue weighted by Gasteiger charge is 2.28. The van der Waals surface area contributed by atoms with Gasteiger partial charge < -0.3 is 19.1 Å². The highest BCUT2D eigenvalue weighted by molar-refractivity contribution is 5.94. The third-order valence-corrected chi connectivity index (χ3v) is 4.53. The maximum Gasteiger partial charge on any atom is 0.289 e. The van der Waals surface area contributed by atoms with Gasteiger partial charge in [0.1, 0.15) is 5.69 Å². The van der Waals surface area contributed by atoms with Crippen LogP contribution in [0.3, 0.4) is 0 Å². The fourth-order valence-electron chi connectivity index (χ4n) is 2.89. The molecule has 0 saturated carbocycles. The van der Waals surface area contributed by atoms with Crippen molar-refractivity contribution in [2.24, 2.45) is 0 Å². The lowest BCUT2D eigenvalue weighted by atomic mass is 10.1. The predicted molar refractivity (Wildman–Crippen MR) is 101 cm³/mol. The van der Waals surface area contributed by atoms with Crippen LogP contribution in [0.2, 0.25) is 0 Å². The van der Waals surface area contributed by atoms with E-state index in [1.165, 1.54) is 6.26 Å². The molecule has 0 aliphatic carbocycles. The van der Waals surface area contributed by atoms with Crippen LogP contribution in [-0.4, -0.2) is 71.9 Å². The van der Waals surface area contributed by atoms with E-state index in [0.29, 0.717) is 43.6 Å². The predicted octanol–water partition coefficient (Wildman–Crippen LogP) is 1.86. The summed E-state index contributed by atoms with van der Waals surface area (Å²) >= 11 is 0. The van der Waals surface area contributed by atoms with Crippen LogP contribution in [-0.2, 0) is 0 Å². The third kappa shape index (κ3) is 4.10. The number of hydrogen-bond donors (Lipinski definition) is 0. The van der Waals surface area contributed by atoms with Crippen molar-refractivity contribution >= 4 is 17.8 Å². The Hall–Kier alpha value is -2.90. The summed E-state index contributed by atoms with van der Waals surface area (Å²) in [6.45, 7) is 5.93. The number of rotatable bonds is 4. The quantitative estimate of drug-likeness (QED) is 0.816. The number of furan rings is 1. The van der Waals surface area contributed by atoms with Crippen molar-refractivity contribution in [1.82, 2.24) is 19.8 Å². The molecule has 0 aromatic carbocycles. The van der Waals surface area contributed by atoms with Crippen LogP contribution in [0, 0.1) is 0 Å². The minimum atomic E-state index is -0.147. The monoisotopic (exact) mass is 371 g/mol. The minimum absolute atomic E-state index is 0.132. The Morgan fingerprint density at radius 2 is 1.70 bits per heavy atom. The van der Waals surface area contributed by atoms with E-state index in [1.807, 2.05) is 27.9 Å². The van der Waals surface area contributed by atoms with Crippen molar-refractivity contribution in [1.29, 1.82) is 0 Å². The van der Waals surface area contributed by atoms with Crippen LogP contribution in [0.1, 0.15) is 46.5 Å². The maximum atomic E-state index is 12.9. The van der Waals surface area contributed by atoms with Crippen molar-refractivity contribution in [3.8, 4) is 0 Å². The number of nitrogens with zero attached hydrogens (tertiary/aromatic N) is 5. The second kappa shape index (κ2) is 7.77. The van der Waals surface area contributed by atoms with Crippen LogP contribution in [0.15, 0.2) is 28.9 Å². The molecule has 0 atom stereocenters. The first-order valence-corrected chi connectivity index (χ1v) is 9.05. The van der Waals surface area contributed by atoms with E-state index in [2.05, 4.69) is 9.97 Å². The van der Waals surface area contributed by atoms with Crippen LogP contribution in [0.25, 0.3) is 0 Å². The molecule has 3 heterocycles. The van der Waals surface area contributed by atoms with Gasteiger partial charge in [-0.3, -0.25) is 9.59 Å². The van der Waals surface area contributed by atoms with E-state index < -0.39 is 0 Å². The summed E-state index contributed by atoms with van der Waals surface area (Å²) in [5.74, 6) is 0.763. The molecule has 3 rings (SSSR count). The Balaban J connectivity index is 1.71. The van der Waals surface area contributed by atoms with E-state index in [4.69, 9.17) is 4.42 Å². The van der Waals surface area contributed by atoms with Crippen molar-refractivity contribution in [3.63, 3.8) is 0 Å². The minimum Gasteiger partial charge on any atom is -0.459 e. The standard InChI is InChI=1S/C19H25N5O3/c1-13(2)14-12-15(21-19(20-14)22(3)4)17(25)23-7-9-24(10-8-23)18(26)16-6-5-11-27-16/h5-6,11-13H,7-10H2,1-4H3. The highest BCUT2D eigenvalue weighted by Crippen LogP contribution is 2.18. The maximum absolute atomic E-state index is 12.9. The zero-order valence-corrected chi connectivity index (χ0v) is 16.2. The molecule has 0 spiro atoms. The van der Waals surface area contributed by atoms with E-state index >= 15 is 0 Å². The van der Waals surface area contributed by atoms with Crippen molar-refractivity contribution < 1.29 is 14.0 Å². The van der Waals surface area contributed by atoms with Crippen molar-refractivity contribution in [2.75, 3.05) is 45.2 Å². The molecule has 8 heteroatoms. The van der Waals surface area contributed by atoms with E-state index in [-0.39, 0.29) is 17.7 Å². The van der Waals surface area contributed by atoms with Gasteiger partial charge >= 0.3 is 0 Å². The molecular formula is C19H25N5O3. The van der Waals surface area contributed by atoms with E-state index in [0.717, 1.165) is 5.69 Å². The Morgan fingerprint density at radius 1 is 1.07 bits per heavy atom. The van der Waals surface area contributed by atoms with Gasteiger partial charge in [0.05, 0.1) is 6.26 Å². The first kappa shape index (κ1) is 18.9. The average molecular weight is 371 g/mol. The molecule has 27 heavy (non-hydrogen) atoms. The Labute approximate surface area is 158 Å². The zero-order valence-electron chi connectivity index (χ0n) is 16.2.